The van der Waals surface area contributed by atoms with Crippen LogP contribution in [0.3, 0.4) is 0 Å². The Labute approximate surface area is 145 Å². The molecule has 0 aliphatic carbocycles. The topological polar surface area (TPSA) is 95.9 Å². The lowest BCUT2D eigenvalue weighted by Gasteiger charge is -2.15. The van der Waals surface area contributed by atoms with Gasteiger partial charge in [0.05, 0.1) is 24.0 Å². The number of nitrogen functional groups attached to an aromatic ring is 1. The van der Waals surface area contributed by atoms with Gasteiger partial charge in [0.2, 0.25) is 5.95 Å². The van der Waals surface area contributed by atoms with Gasteiger partial charge in [-0.25, -0.2) is 14.6 Å². The first-order valence-corrected chi connectivity index (χ1v) is 7.87. The van der Waals surface area contributed by atoms with E-state index in [1.165, 1.54) is 10.7 Å². The molecule has 7 nitrogen and oxygen atoms in total. The van der Waals surface area contributed by atoms with Gasteiger partial charge in [0, 0.05) is 30.5 Å². The van der Waals surface area contributed by atoms with Crippen molar-refractivity contribution in [2.75, 3.05) is 19.5 Å². The molecule has 25 heavy (non-hydrogen) atoms. The Morgan fingerprint density at radius 3 is 2.68 bits per heavy atom. The summed E-state index contributed by atoms with van der Waals surface area (Å²) >= 11 is 0. The van der Waals surface area contributed by atoms with Crippen LogP contribution in [0.15, 0.2) is 53.5 Å². The summed E-state index contributed by atoms with van der Waals surface area (Å²) in [7, 11) is 1.59. The molecule has 2 heterocycles. The van der Waals surface area contributed by atoms with Gasteiger partial charge in [-0.3, -0.25) is 4.79 Å². The normalized spacial score (nSPS) is 12.1. The Morgan fingerprint density at radius 1 is 1.20 bits per heavy atom. The molecule has 0 aliphatic rings. The van der Waals surface area contributed by atoms with Crippen LogP contribution in [0.1, 0.15) is 13.0 Å². The van der Waals surface area contributed by atoms with E-state index in [0.717, 1.165) is 5.56 Å². The SMILES string of the molecule is COCC(C)n1nc(-c2cnc(N)nc2-c2ccccc2)ccc1=O. The van der Waals surface area contributed by atoms with E-state index in [9.17, 15) is 4.79 Å². The number of nitrogens with zero attached hydrogens (tertiary/aromatic N) is 4. The van der Waals surface area contributed by atoms with E-state index < -0.39 is 0 Å². The summed E-state index contributed by atoms with van der Waals surface area (Å²) in [6.45, 7) is 2.26. The molecule has 1 atom stereocenters. The van der Waals surface area contributed by atoms with Crippen LogP contribution in [-0.4, -0.2) is 33.5 Å². The maximum atomic E-state index is 12.1. The number of anilines is 1. The second-order valence-corrected chi connectivity index (χ2v) is 5.66. The highest BCUT2D eigenvalue weighted by Gasteiger charge is 2.15. The molecule has 1 aromatic carbocycles. The molecular weight excluding hydrogens is 318 g/mol. The molecule has 0 bridgehead atoms. The molecule has 2 aromatic heterocycles. The molecule has 0 saturated carbocycles. The molecule has 1 unspecified atom stereocenters. The van der Waals surface area contributed by atoms with Gasteiger partial charge in [0.15, 0.2) is 0 Å². The third-order valence-corrected chi connectivity index (χ3v) is 3.78. The standard InChI is InChI=1S/C18H19N5O2/c1-12(11-25-2)23-16(24)9-8-15(22-23)14-10-20-18(19)21-17(14)13-6-4-3-5-7-13/h3-10,12H,11H2,1-2H3,(H2,19,20,21). The van der Waals surface area contributed by atoms with Crippen molar-refractivity contribution in [1.29, 1.82) is 0 Å². The number of hydrogen-bond donors (Lipinski definition) is 1. The average Bonchev–Trinajstić information content (AvgIpc) is 2.63. The summed E-state index contributed by atoms with van der Waals surface area (Å²) in [4.78, 5) is 20.6. The molecule has 2 N–H and O–H groups in total. The zero-order valence-corrected chi connectivity index (χ0v) is 14.1. The number of rotatable bonds is 5. The minimum atomic E-state index is -0.189. The fraction of sp³-hybridized carbons (Fsp3) is 0.222. The molecule has 0 amide bonds. The third-order valence-electron chi connectivity index (χ3n) is 3.78. The van der Waals surface area contributed by atoms with Crippen molar-refractivity contribution >= 4 is 5.95 Å². The van der Waals surface area contributed by atoms with E-state index in [-0.39, 0.29) is 17.5 Å². The van der Waals surface area contributed by atoms with E-state index in [4.69, 9.17) is 10.5 Å². The number of aromatic nitrogens is 4. The monoisotopic (exact) mass is 337 g/mol. The Kier molecular flexibility index (Phi) is 4.85. The summed E-state index contributed by atoms with van der Waals surface area (Å²) in [6.07, 6.45) is 1.63. The Morgan fingerprint density at radius 2 is 1.96 bits per heavy atom. The number of nitrogens with two attached hydrogens (primary N) is 1. The van der Waals surface area contributed by atoms with Gasteiger partial charge in [0.1, 0.15) is 0 Å². The van der Waals surface area contributed by atoms with Gasteiger partial charge in [-0.15, -0.1) is 0 Å². The summed E-state index contributed by atoms with van der Waals surface area (Å²) < 4.78 is 6.53. The van der Waals surface area contributed by atoms with Crippen LogP contribution in [0, 0.1) is 0 Å². The molecule has 0 saturated heterocycles. The molecule has 0 fully saturated rings. The maximum absolute atomic E-state index is 12.1. The largest absolute Gasteiger partial charge is 0.382 e. The van der Waals surface area contributed by atoms with Crippen molar-refractivity contribution in [1.82, 2.24) is 19.7 Å². The lowest BCUT2D eigenvalue weighted by atomic mass is 10.0. The van der Waals surface area contributed by atoms with Crippen molar-refractivity contribution in [3.8, 4) is 22.5 Å². The van der Waals surface area contributed by atoms with Crippen molar-refractivity contribution < 1.29 is 4.74 Å². The lowest BCUT2D eigenvalue weighted by molar-refractivity contribution is 0.155. The van der Waals surface area contributed by atoms with E-state index in [0.29, 0.717) is 23.6 Å². The highest BCUT2D eigenvalue weighted by Crippen LogP contribution is 2.28. The summed E-state index contributed by atoms with van der Waals surface area (Å²) in [5.41, 5.74) is 8.46. The zero-order valence-electron chi connectivity index (χ0n) is 14.1. The summed E-state index contributed by atoms with van der Waals surface area (Å²) in [5, 5.41) is 4.48. The number of hydrogen-bond acceptors (Lipinski definition) is 6. The van der Waals surface area contributed by atoms with Crippen LogP contribution < -0.4 is 11.3 Å². The second-order valence-electron chi connectivity index (χ2n) is 5.66. The van der Waals surface area contributed by atoms with Crippen molar-refractivity contribution in [3.63, 3.8) is 0 Å². The van der Waals surface area contributed by atoms with Gasteiger partial charge >= 0.3 is 0 Å². The van der Waals surface area contributed by atoms with E-state index in [1.807, 2.05) is 37.3 Å². The first-order chi connectivity index (χ1) is 12.1. The smallest absolute Gasteiger partial charge is 0.267 e. The van der Waals surface area contributed by atoms with E-state index >= 15 is 0 Å². The molecule has 3 aromatic rings. The minimum absolute atomic E-state index is 0.184. The van der Waals surface area contributed by atoms with Crippen LogP contribution in [0.2, 0.25) is 0 Å². The first kappa shape index (κ1) is 16.8. The summed E-state index contributed by atoms with van der Waals surface area (Å²) in [5.74, 6) is 0.184. The van der Waals surface area contributed by atoms with Gasteiger partial charge in [-0.05, 0) is 13.0 Å². The van der Waals surface area contributed by atoms with Gasteiger partial charge < -0.3 is 10.5 Å². The van der Waals surface area contributed by atoms with Crippen molar-refractivity contribution in [2.24, 2.45) is 0 Å². The quantitative estimate of drug-likeness (QED) is 0.766. The molecule has 3 rings (SSSR count). The van der Waals surface area contributed by atoms with Crippen LogP contribution >= 0.6 is 0 Å². The molecular formula is C18H19N5O2. The maximum Gasteiger partial charge on any atom is 0.267 e. The van der Waals surface area contributed by atoms with Gasteiger partial charge in [-0.2, -0.15) is 5.10 Å². The highest BCUT2D eigenvalue weighted by atomic mass is 16.5. The molecule has 7 heteroatoms. The number of ether oxygens (including phenoxy) is 1. The van der Waals surface area contributed by atoms with Crippen LogP contribution in [0.5, 0.6) is 0 Å². The fourth-order valence-corrected chi connectivity index (χ4v) is 2.60. The van der Waals surface area contributed by atoms with E-state index in [2.05, 4.69) is 15.1 Å². The number of benzene rings is 1. The zero-order chi connectivity index (χ0) is 17.8. The number of methoxy groups -OCH3 is 1. The highest BCUT2D eigenvalue weighted by molar-refractivity contribution is 5.78. The average molecular weight is 337 g/mol. The summed E-state index contributed by atoms with van der Waals surface area (Å²) in [6, 6.07) is 12.6. The molecule has 128 valence electrons. The molecule has 0 spiro atoms. The van der Waals surface area contributed by atoms with Gasteiger partial charge in [0.25, 0.3) is 5.56 Å². The first-order valence-electron chi connectivity index (χ1n) is 7.87. The predicted molar refractivity (Wildman–Crippen MR) is 96.0 cm³/mol. The predicted octanol–water partition coefficient (Wildman–Crippen LogP) is 2.16. The molecule has 0 radical (unpaired) electrons. The van der Waals surface area contributed by atoms with Crippen LogP contribution in [0.25, 0.3) is 22.5 Å². The Balaban J connectivity index is 2.14. The van der Waals surface area contributed by atoms with Crippen LogP contribution in [-0.2, 0) is 4.74 Å². The second kappa shape index (κ2) is 7.23. The lowest BCUT2D eigenvalue weighted by Crippen LogP contribution is -2.27. The Hall–Kier alpha value is -3.06. The van der Waals surface area contributed by atoms with E-state index in [1.54, 1.807) is 19.4 Å². The minimum Gasteiger partial charge on any atom is -0.382 e. The Bertz CT molecular complexity index is 924. The van der Waals surface area contributed by atoms with Crippen LogP contribution in [0.4, 0.5) is 5.95 Å². The molecule has 0 aliphatic heterocycles. The fourth-order valence-electron chi connectivity index (χ4n) is 2.60. The van der Waals surface area contributed by atoms with Gasteiger partial charge in [-0.1, -0.05) is 30.3 Å². The third kappa shape index (κ3) is 3.56. The van der Waals surface area contributed by atoms with Crippen molar-refractivity contribution in [3.05, 3.63) is 59.0 Å². The van der Waals surface area contributed by atoms with Crippen molar-refractivity contribution in [2.45, 2.75) is 13.0 Å².